The maximum atomic E-state index is 13.3. The summed E-state index contributed by atoms with van der Waals surface area (Å²) in [6.45, 7) is 3.58. The van der Waals surface area contributed by atoms with Crippen LogP contribution in [-0.4, -0.2) is 46.8 Å². The van der Waals surface area contributed by atoms with Gasteiger partial charge < -0.3 is 14.2 Å². The van der Waals surface area contributed by atoms with Gasteiger partial charge in [0.05, 0.1) is 6.26 Å². The van der Waals surface area contributed by atoms with Crippen LogP contribution in [0.2, 0.25) is 0 Å². The van der Waals surface area contributed by atoms with E-state index in [2.05, 4.69) is 11.8 Å². The Hall–Kier alpha value is -1.78. The first kappa shape index (κ1) is 18.6. The first-order chi connectivity index (χ1) is 13.2. The van der Waals surface area contributed by atoms with Crippen molar-refractivity contribution in [2.75, 3.05) is 13.1 Å². The largest absolute Gasteiger partial charge is 0.459 e. The van der Waals surface area contributed by atoms with E-state index in [0.717, 1.165) is 18.8 Å². The summed E-state index contributed by atoms with van der Waals surface area (Å²) in [6.07, 6.45) is 11.6. The molecule has 1 aromatic rings. The summed E-state index contributed by atoms with van der Waals surface area (Å²) in [4.78, 5) is 29.9. The minimum atomic E-state index is -0.0529. The van der Waals surface area contributed by atoms with Crippen molar-refractivity contribution < 1.29 is 14.0 Å². The molecule has 1 saturated heterocycles. The number of amides is 2. The van der Waals surface area contributed by atoms with Gasteiger partial charge in [0, 0.05) is 31.1 Å². The molecule has 5 heteroatoms. The lowest BCUT2D eigenvalue weighted by Crippen LogP contribution is -2.49. The van der Waals surface area contributed by atoms with Gasteiger partial charge in [-0.1, -0.05) is 13.3 Å². The number of nitrogens with zero attached hydrogens (tertiary/aromatic N) is 2. The third-order valence-electron chi connectivity index (χ3n) is 6.85. The Kier molecular flexibility index (Phi) is 5.55. The molecular weight excluding hydrogens is 340 g/mol. The number of piperidine rings is 1. The fourth-order valence-electron chi connectivity index (χ4n) is 4.94. The van der Waals surface area contributed by atoms with Crippen LogP contribution in [0.15, 0.2) is 22.8 Å². The lowest BCUT2D eigenvalue weighted by Gasteiger charge is -2.40. The average Bonchev–Trinajstić information content (AvgIpc) is 3.39. The standard InChI is InChI=1S/C22H32N2O3/c1-2-16-5-7-18(8-6-16)24(19-9-10-19)21(25)17-11-13-23(14-12-17)22(26)20-4-3-15-27-20/h3-4,15-19H,2,5-14H2,1H3. The Labute approximate surface area is 162 Å². The summed E-state index contributed by atoms with van der Waals surface area (Å²) in [7, 11) is 0. The highest BCUT2D eigenvalue weighted by Gasteiger charge is 2.41. The van der Waals surface area contributed by atoms with E-state index in [1.807, 2.05) is 4.90 Å². The molecule has 27 heavy (non-hydrogen) atoms. The minimum Gasteiger partial charge on any atom is -0.459 e. The fraction of sp³-hybridized carbons (Fsp3) is 0.727. The maximum Gasteiger partial charge on any atom is 0.289 e. The monoisotopic (exact) mass is 372 g/mol. The van der Waals surface area contributed by atoms with Crippen LogP contribution in [0.4, 0.5) is 0 Å². The summed E-state index contributed by atoms with van der Waals surface area (Å²) in [6, 6.07) is 4.39. The molecule has 0 atom stereocenters. The summed E-state index contributed by atoms with van der Waals surface area (Å²) in [5.41, 5.74) is 0. The first-order valence-corrected chi connectivity index (χ1v) is 10.8. The van der Waals surface area contributed by atoms with E-state index >= 15 is 0 Å². The quantitative estimate of drug-likeness (QED) is 0.782. The zero-order chi connectivity index (χ0) is 18.8. The molecule has 5 nitrogen and oxygen atoms in total. The summed E-state index contributed by atoms with van der Waals surface area (Å²) < 4.78 is 5.23. The van der Waals surface area contributed by atoms with Gasteiger partial charge in [-0.3, -0.25) is 9.59 Å². The van der Waals surface area contributed by atoms with E-state index in [-0.39, 0.29) is 11.8 Å². The summed E-state index contributed by atoms with van der Waals surface area (Å²) in [5, 5.41) is 0. The predicted molar refractivity (Wildman–Crippen MR) is 103 cm³/mol. The molecule has 0 aromatic carbocycles. The number of hydrogen-bond donors (Lipinski definition) is 0. The van der Waals surface area contributed by atoms with Gasteiger partial charge >= 0.3 is 0 Å². The molecule has 0 radical (unpaired) electrons. The highest BCUT2D eigenvalue weighted by molar-refractivity contribution is 5.91. The normalized spacial score (nSPS) is 26.8. The number of rotatable bonds is 5. The fourth-order valence-corrected chi connectivity index (χ4v) is 4.94. The van der Waals surface area contributed by atoms with Gasteiger partial charge in [0.1, 0.15) is 0 Å². The molecule has 2 aliphatic carbocycles. The van der Waals surface area contributed by atoms with E-state index < -0.39 is 0 Å². The molecule has 2 heterocycles. The maximum absolute atomic E-state index is 13.3. The van der Waals surface area contributed by atoms with Crippen molar-refractivity contribution in [1.82, 2.24) is 9.80 Å². The first-order valence-electron chi connectivity index (χ1n) is 10.8. The van der Waals surface area contributed by atoms with Gasteiger partial charge in [0.25, 0.3) is 5.91 Å². The Balaban J connectivity index is 1.34. The van der Waals surface area contributed by atoms with Crippen LogP contribution in [0.5, 0.6) is 0 Å². The van der Waals surface area contributed by atoms with Crippen LogP contribution >= 0.6 is 0 Å². The number of hydrogen-bond acceptors (Lipinski definition) is 3. The average molecular weight is 373 g/mol. The summed E-state index contributed by atoms with van der Waals surface area (Å²) >= 11 is 0. The van der Waals surface area contributed by atoms with E-state index in [1.54, 1.807) is 12.1 Å². The molecule has 0 N–H and O–H groups in total. The van der Waals surface area contributed by atoms with Gasteiger partial charge in [-0.15, -0.1) is 0 Å². The third-order valence-corrected chi connectivity index (χ3v) is 6.85. The Morgan fingerprint density at radius 2 is 1.67 bits per heavy atom. The number of furan rings is 1. The second-order valence-electron chi connectivity index (χ2n) is 8.60. The Morgan fingerprint density at radius 1 is 1.04 bits per heavy atom. The number of carbonyl (C=O) groups is 2. The zero-order valence-corrected chi connectivity index (χ0v) is 16.4. The van der Waals surface area contributed by atoms with Crippen molar-refractivity contribution in [2.24, 2.45) is 11.8 Å². The molecule has 0 bridgehead atoms. The van der Waals surface area contributed by atoms with Crippen LogP contribution in [0.25, 0.3) is 0 Å². The lowest BCUT2D eigenvalue weighted by atomic mass is 9.83. The molecular formula is C22H32N2O3. The van der Waals surface area contributed by atoms with E-state index in [0.29, 0.717) is 36.8 Å². The molecule has 2 amide bonds. The van der Waals surface area contributed by atoms with Gasteiger partial charge in [0.2, 0.25) is 5.91 Å². The molecule has 3 fully saturated rings. The smallest absolute Gasteiger partial charge is 0.289 e. The number of likely N-dealkylation sites (tertiary alicyclic amines) is 1. The van der Waals surface area contributed by atoms with Gasteiger partial charge in [-0.25, -0.2) is 0 Å². The van der Waals surface area contributed by atoms with E-state index in [4.69, 9.17) is 4.42 Å². The minimum absolute atomic E-state index is 0.0529. The lowest BCUT2D eigenvalue weighted by molar-refractivity contribution is -0.141. The van der Waals surface area contributed by atoms with Gasteiger partial charge in [0.15, 0.2) is 5.76 Å². The Morgan fingerprint density at radius 3 is 2.19 bits per heavy atom. The van der Waals surface area contributed by atoms with Crippen molar-refractivity contribution >= 4 is 11.8 Å². The Bertz CT molecular complexity index is 637. The molecule has 2 saturated carbocycles. The molecule has 0 spiro atoms. The molecule has 0 unspecified atom stereocenters. The predicted octanol–water partition coefficient (Wildman–Crippen LogP) is 4.09. The second kappa shape index (κ2) is 8.07. The van der Waals surface area contributed by atoms with Crippen LogP contribution in [0.1, 0.15) is 75.3 Å². The van der Waals surface area contributed by atoms with Crippen molar-refractivity contribution in [3.8, 4) is 0 Å². The number of carbonyl (C=O) groups excluding carboxylic acids is 2. The van der Waals surface area contributed by atoms with Crippen molar-refractivity contribution in [2.45, 2.75) is 76.8 Å². The van der Waals surface area contributed by atoms with Crippen LogP contribution in [0.3, 0.4) is 0 Å². The van der Waals surface area contributed by atoms with E-state index in [9.17, 15) is 9.59 Å². The zero-order valence-electron chi connectivity index (χ0n) is 16.4. The summed E-state index contributed by atoms with van der Waals surface area (Å²) in [5.74, 6) is 1.64. The van der Waals surface area contributed by atoms with Crippen LogP contribution in [-0.2, 0) is 4.79 Å². The second-order valence-corrected chi connectivity index (χ2v) is 8.60. The highest BCUT2D eigenvalue weighted by Crippen LogP contribution is 2.38. The van der Waals surface area contributed by atoms with Crippen molar-refractivity contribution in [3.63, 3.8) is 0 Å². The van der Waals surface area contributed by atoms with Crippen molar-refractivity contribution in [3.05, 3.63) is 24.2 Å². The topological polar surface area (TPSA) is 53.8 Å². The molecule has 4 rings (SSSR count). The van der Waals surface area contributed by atoms with Gasteiger partial charge in [-0.05, 0) is 69.4 Å². The SMILES string of the molecule is CCC1CCC(N(C(=O)C2CCN(C(=O)c3ccco3)CC2)C2CC2)CC1. The van der Waals surface area contributed by atoms with Crippen LogP contribution < -0.4 is 0 Å². The molecule has 1 aliphatic heterocycles. The van der Waals surface area contributed by atoms with Gasteiger partial charge in [-0.2, -0.15) is 0 Å². The van der Waals surface area contributed by atoms with E-state index in [1.165, 1.54) is 51.2 Å². The van der Waals surface area contributed by atoms with Crippen LogP contribution in [0, 0.1) is 11.8 Å². The molecule has 3 aliphatic rings. The highest BCUT2D eigenvalue weighted by atomic mass is 16.3. The third kappa shape index (κ3) is 4.07. The molecule has 148 valence electrons. The molecule has 1 aromatic heterocycles. The van der Waals surface area contributed by atoms with Crippen molar-refractivity contribution in [1.29, 1.82) is 0 Å².